The Bertz CT molecular complexity index is 318. The third-order valence-corrected chi connectivity index (χ3v) is 2.61. The fraction of sp³-hybridized carbons (Fsp3) is 0.545. The van der Waals surface area contributed by atoms with Crippen LogP contribution in [0.5, 0.6) is 0 Å². The molecule has 0 fully saturated rings. The van der Waals surface area contributed by atoms with Crippen molar-refractivity contribution in [2.45, 2.75) is 33.2 Å². The highest BCUT2D eigenvalue weighted by atomic mass is 15.2. The highest BCUT2D eigenvalue weighted by molar-refractivity contribution is 5.53. The van der Waals surface area contributed by atoms with Crippen LogP contribution in [-0.2, 0) is 6.42 Å². The Morgan fingerprint density at radius 2 is 2.15 bits per heavy atom. The van der Waals surface area contributed by atoms with Crippen molar-refractivity contribution < 1.29 is 0 Å². The summed E-state index contributed by atoms with van der Waals surface area (Å²) in [5.41, 5.74) is 2.52. The van der Waals surface area contributed by atoms with Gasteiger partial charge in [-0.25, -0.2) is 4.98 Å². The van der Waals surface area contributed by atoms with E-state index in [0.29, 0.717) is 6.04 Å². The van der Waals surface area contributed by atoms with Crippen LogP contribution in [0.15, 0.2) is 12.1 Å². The number of fused-ring (bicyclic) bond motifs is 1. The fourth-order valence-corrected chi connectivity index (χ4v) is 1.87. The minimum Gasteiger partial charge on any atom is -0.354 e. The summed E-state index contributed by atoms with van der Waals surface area (Å²) in [5, 5.41) is 0. The molecule has 2 heteroatoms. The van der Waals surface area contributed by atoms with Gasteiger partial charge in [0.1, 0.15) is 5.82 Å². The number of anilines is 1. The molecule has 1 aliphatic rings. The van der Waals surface area contributed by atoms with Crippen LogP contribution in [0.3, 0.4) is 0 Å². The maximum absolute atomic E-state index is 4.58. The predicted octanol–water partition coefficient (Wildman–Crippen LogP) is 2.16. The second-order valence-corrected chi connectivity index (χ2v) is 3.97. The minimum absolute atomic E-state index is 0.565. The Kier molecular flexibility index (Phi) is 1.98. The van der Waals surface area contributed by atoms with Gasteiger partial charge in [-0.1, -0.05) is 6.07 Å². The lowest BCUT2D eigenvalue weighted by Crippen LogP contribution is -2.29. The number of pyridine rings is 1. The van der Waals surface area contributed by atoms with Crippen LogP contribution >= 0.6 is 0 Å². The number of aryl methyl sites for hydroxylation is 1. The Morgan fingerprint density at radius 3 is 2.85 bits per heavy atom. The van der Waals surface area contributed by atoms with E-state index in [1.54, 1.807) is 0 Å². The normalized spacial score (nSPS) is 15.2. The van der Waals surface area contributed by atoms with E-state index in [9.17, 15) is 0 Å². The fourth-order valence-electron chi connectivity index (χ4n) is 1.87. The molecule has 0 radical (unpaired) electrons. The summed E-state index contributed by atoms with van der Waals surface area (Å²) in [6.45, 7) is 7.62. The molecular formula is C11H16N2. The smallest absolute Gasteiger partial charge is 0.132 e. The molecule has 0 saturated heterocycles. The van der Waals surface area contributed by atoms with E-state index >= 15 is 0 Å². The van der Waals surface area contributed by atoms with Gasteiger partial charge in [-0.3, -0.25) is 0 Å². The van der Waals surface area contributed by atoms with Gasteiger partial charge in [-0.05, 0) is 38.8 Å². The van der Waals surface area contributed by atoms with Gasteiger partial charge in [0.05, 0.1) is 0 Å². The maximum atomic E-state index is 4.58. The number of aromatic nitrogens is 1. The molecule has 2 heterocycles. The minimum atomic E-state index is 0.565. The average Bonchev–Trinajstić information content (AvgIpc) is 2.46. The van der Waals surface area contributed by atoms with E-state index in [0.717, 1.165) is 18.7 Å². The summed E-state index contributed by atoms with van der Waals surface area (Å²) in [6.07, 6.45) is 1.15. The first-order valence-electron chi connectivity index (χ1n) is 4.91. The SMILES string of the molecule is Cc1ccc2c(n1)N(C(C)C)CC2. The maximum Gasteiger partial charge on any atom is 0.132 e. The van der Waals surface area contributed by atoms with Crippen molar-refractivity contribution >= 4 is 5.82 Å². The average molecular weight is 176 g/mol. The van der Waals surface area contributed by atoms with Crippen molar-refractivity contribution in [2.75, 3.05) is 11.4 Å². The molecule has 70 valence electrons. The van der Waals surface area contributed by atoms with E-state index in [4.69, 9.17) is 0 Å². The molecule has 0 aliphatic carbocycles. The van der Waals surface area contributed by atoms with Crippen LogP contribution in [0, 0.1) is 6.92 Å². The van der Waals surface area contributed by atoms with Gasteiger partial charge >= 0.3 is 0 Å². The summed E-state index contributed by atoms with van der Waals surface area (Å²) in [5.74, 6) is 1.20. The van der Waals surface area contributed by atoms with E-state index in [1.807, 2.05) is 0 Å². The third kappa shape index (κ3) is 1.41. The van der Waals surface area contributed by atoms with E-state index in [-0.39, 0.29) is 0 Å². The van der Waals surface area contributed by atoms with Crippen LogP contribution < -0.4 is 4.90 Å². The monoisotopic (exact) mass is 176 g/mol. The zero-order valence-corrected chi connectivity index (χ0v) is 8.54. The second kappa shape index (κ2) is 3.02. The highest BCUT2D eigenvalue weighted by Crippen LogP contribution is 2.27. The summed E-state index contributed by atoms with van der Waals surface area (Å²) in [7, 11) is 0. The molecule has 2 nitrogen and oxygen atoms in total. The van der Waals surface area contributed by atoms with Crippen LogP contribution in [0.1, 0.15) is 25.1 Å². The van der Waals surface area contributed by atoms with Crippen molar-refractivity contribution in [1.29, 1.82) is 0 Å². The first-order valence-corrected chi connectivity index (χ1v) is 4.91. The van der Waals surface area contributed by atoms with Gasteiger partial charge in [0, 0.05) is 18.3 Å². The Labute approximate surface area is 79.6 Å². The first kappa shape index (κ1) is 8.54. The van der Waals surface area contributed by atoms with Gasteiger partial charge in [-0.2, -0.15) is 0 Å². The molecule has 0 atom stereocenters. The molecular weight excluding hydrogens is 160 g/mol. The summed E-state index contributed by atoms with van der Waals surface area (Å²) in [6, 6.07) is 4.87. The molecule has 0 spiro atoms. The standard InChI is InChI=1S/C11H16N2/c1-8(2)13-7-6-10-5-4-9(3)12-11(10)13/h4-5,8H,6-7H2,1-3H3. The zero-order valence-electron chi connectivity index (χ0n) is 8.54. The van der Waals surface area contributed by atoms with Crippen molar-refractivity contribution in [2.24, 2.45) is 0 Å². The first-order chi connectivity index (χ1) is 6.18. The van der Waals surface area contributed by atoms with Crippen LogP contribution in [0.2, 0.25) is 0 Å². The number of hydrogen-bond acceptors (Lipinski definition) is 2. The summed E-state index contributed by atoms with van der Waals surface area (Å²) >= 11 is 0. The lowest BCUT2D eigenvalue weighted by molar-refractivity contribution is 0.702. The molecule has 0 aromatic carbocycles. The van der Waals surface area contributed by atoms with Crippen LogP contribution in [-0.4, -0.2) is 17.6 Å². The van der Waals surface area contributed by atoms with Gasteiger partial charge < -0.3 is 4.90 Å². The third-order valence-electron chi connectivity index (χ3n) is 2.61. The van der Waals surface area contributed by atoms with E-state index < -0.39 is 0 Å². The molecule has 0 saturated carbocycles. The van der Waals surface area contributed by atoms with Crippen LogP contribution in [0.25, 0.3) is 0 Å². The quantitative estimate of drug-likeness (QED) is 0.652. The lowest BCUT2D eigenvalue weighted by atomic mass is 10.2. The van der Waals surface area contributed by atoms with Crippen molar-refractivity contribution in [3.8, 4) is 0 Å². The molecule has 0 N–H and O–H groups in total. The van der Waals surface area contributed by atoms with Crippen molar-refractivity contribution in [3.05, 3.63) is 23.4 Å². The molecule has 0 amide bonds. The number of nitrogens with zero attached hydrogens (tertiary/aromatic N) is 2. The second-order valence-electron chi connectivity index (χ2n) is 3.97. The molecule has 1 aliphatic heterocycles. The molecule has 1 aromatic rings. The molecule has 2 rings (SSSR count). The molecule has 0 bridgehead atoms. The number of rotatable bonds is 1. The number of hydrogen-bond donors (Lipinski definition) is 0. The predicted molar refractivity (Wildman–Crippen MR) is 55.2 cm³/mol. The van der Waals surface area contributed by atoms with Gasteiger partial charge in [-0.15, -0.1) is 0 Å². The zero-order chi connectivity index (χ0) is 9.42. The van der Waals surface area contributed by atoms with Crippen LogP contribution in [0.4, 0.5) is 5.82 Å². The highest BCUT2D eigenvalue weighted by Gasteiger charge is 2.22. The topological polar surface area (TPSA) is 16.1 Å². The Morgan fingerprint density at radius 1 is 1.38 bits per heavy atom. The van der Waals surface area contributed by atoms with Gasteiger partial charge in [0.15, 0.2) is 0 Å². The largest absolute Gasteiger partial charge is 0.354 e. The molecule has 0 unspecified atom stereocenters. The summed E-state index contributed by atoms with van der Waals surface area (Å²) < 4.78 is 0. The molecule has 1 aromatic heterocycles. The summed E-state index contributed by atoms with van der Waals surface area (Å²) in [4.78, 5) is 6.96. The van der Waals surface area contributed by atoms with E-state index in [2.05, 4.69) is 42.8 Å². The molecule has 13 heavy (non-hydrogen) atoms. The van der Waals surface area contributed by atoms with Crippen molar-refractivity contribution in [1.82, 2.24) is 4.98 Å². The van der Waals surface area contributed by atoms with E-state index in [1.165, 1.54) is 11.4 Å². The Hall–Kier alpha value is -1.05. The Balaban J connectivity index is 2.40. The lowest BCUT2D eigenvalue weighted by Gasteiger charge is -2.22. The van der Waals surface area contributed by atoms with Crippen molar-refractivity contribution in [3.63, 3.8) is 0 Å². The van der Waals surface area contributed by atoms with Gasteiger partial charge in [0.25, 0.3) is 0 Å². The van der Waals surface area contributed by atoms with Gasteiger partial charge in [0.2, 0.25) is 0 Å².